The number of hydrogen-bond donors (Lipinski definition) is 3. The number of benzene rings is 3. The number of halogens is 2. The molecule has 1 spiro atoms. The van der Waals surface area contributed by atoms with Crippen LogP contribution in [-0.2, 0) is 25.3 Å². The quantitative estimate of drug-likeness (QED) is 0.288. The molecule has 9 nitrogen and oxygen atoms in total. The molecule has 45 heavy (non-hydrogen) atoms. The SMILES string of the molecule is O=C(O)c1cccc(NC(=S)N2CCC(NS(=O)(=O)c3cc4c(cc3Cl)C3(CCCCC3)c3ccc(F)cc3S4(=O)=O)CC2)c1. The second kappa shape index (κ2) is 11.9. The smallest absolute Gasteiger partial charge is 0.335 e. The molecule has 14 heteroatoms. The van der Waals surface area contributed by atoms with Crippen molar-refractivity contribution >= 4 is 60.4 Å². The number of hydrogen-bond acceptors (Lipinski definition) is 6. The van der Waals surface area contributed by atoms with Crippen LogP contribution in [0.25, 0.3) is 0 Å². The van der Waals surface area contributed by atoms with Gasteiger partial charge in [0, 0.05) is 30.2 Å². The molecule has 3 N–H and O–H groups in total. The van der Waals surface area contributed by atoms with E-state index < -0.39 is 43.1 Å². The lowest BCUT2D eigenvalue weighted by Crippen LogP contribution is -2.47. The average molecular weight is 692 g/mol. The summed E-state index contributed by atoms with van der Waals surface area (Å²) in [4.78, 5) is 12.5. The summed E-state index contributed by atoms with van der Waals surface area (Å²) in [5, 5.41) is 12.6. The normalized spacial score (nSPS) is 19.0. The lowest BCUT2D eigenvalue weighted by atomic mass is 9.65. The van der Waals surface area contributed by atoms with Crippen LogP contribution in [0, 0.1) is 5.82 Å². The number of carboxylic acids is 1. The Labute approximate surface area is 271 Å². The fourth-order valence-electron chi connectivity index (χ4n) is 6.82. The Kier molecular flexibility index (Phi) is 8.44. The van der Waals surface area contributed by atoms with Crippen LogP contribution < -0.4 is 10.0 Å². The van der Waals surface area contributed by atoms with E-state index in [0.717, 1.165) is 31.4 Å². The minimum absolute atomic E-state index is 0.0710. The number of sulfone groups is 1. The molecule has 0 atom stereocenters. The van der Waals surface area contributed by atoms with Crippen LogP contribution in [-0.4, -0.2) is 57.1 Å². The van der Waals surface area contributed by atoms with Crippen molar-refractivity contribution in [3.63, 3.8) is 0 Å². The molecule has 1 aliphatic carbocycles. The number of likely N-dealkylation sites (tertiary alicyclic amines) is 1. The van der Waals surface area contributed by atoms with Crippen molar-refractivity contribution in [3.8, 4) is 0 Å². The third-order valence-electron chi connectivity index (χ3n) is 9.05. The van der Waals surface area contributed by atoms with Crippen LogP contribution in [0.15, 0.2) is 69.3 Å². The first-order valence-electron chi connectivity index (χ1n) is 14.6. The van der Waals surface area contributed by atoms with E-state index in [9.17, 15) is 31.1 Å². The monoisotopic (exact) mass is 691 g/mol. The maximum absolute atomic E-state index is 14.4. The van der Waals surface area contributed by atoms with E-state index in [-0.39, 0.29) is 25.3 Å². The lowest BCUT2D eigenvalue weighted by molar-refractivity contribution is 0.0697. The van der Waals surface area contributed by atoms with Crippen LogP contribution in [0.4, 0.5) is 10.1 Å². The number of carbonyl (C=O) groups is 1. The van der Waals surface area contributed by atoms with Gasteiger partial charge < -0.3 is 15.3 Å². The minimum atomic E-state index is -4.24. The molecule has 0 radical (unpaired) electrons. The van der Waals surface area contributed by atoms with Gasteiger partial charge in [-0.1, -0.05) is 43.0 Å². The first kappa shape index (κ1) is 31.9. The van der Waals surface area contributed by atoms with Gasteiger partial charge in [0.05, 0.1) is 20.4 Å². The Hall–Kier alpha value is -3.10. The molecular weight excluding hydrogens is 661 g/mol. The summed E-state index contributed by atoms with van der Waals surface area (Å²) in [5.74, 6) is -1.73. The first-order valence-corrected chi connectivity index (χ1v) is 18.4. The summed E-state index contributed by atoms with van der Waals surface area (Å²) in [6.07, 6.45) is 4.80. The molecule has 0 aromatic heterocycles. The summed E-state index contributed by atoms with van der Waals surface area (Å²) >= 11 is 12.1. The third-order valence-corrected chi connectivity index (χ3v) is 13.2. The van der Waals surface area contributed by atoms with Crippen molar-refractivity contribution in [2.45, 2.75) is 71.1 Å². The van der Waals surface area contributed by atoms with Crippen LogP contribution >= 0.6 is 23.8 Å². The van der Waals surface area contributed by atoms with Crippen LogP contribution in [0.2, 0.25) is 5.02 Å². The Balaban J connectivity index is 1.23. The summed E-state index contributed by atoms with van der Waals surface area (Å²) in [6, 6.07) is 12.3. The second-order valence-electron chi connectivity index (χ2n) is 11.8. The van der Waals surface area contributed by atoms with E-state index in [0.29, 0.717) is 60.7 Å². The molecule has 2 heterocycles. The number of anilines is 1. The van der Waals surface area contributed by atoms with Crippen molar-refractivity contribution in [2.75, 3.05) is 18.4 Å². The van der Waals surface area contributed by atoms with E-state index in [4.69, 9.17) is 23.8 Å². The molecule has 3 aromatic rings. The number of rotatable bonds is 5. The zero-order valence-electron chi connectivity index (χ0n) is 24.1. The second-order valence-corrected chi connectivity index (χ2v) is 16.1. The number of piperidine rings is 1. The number of nitrogens with one attached hydrogen (secondary N) is 2. The fourth-order valence-corrected chi connectivity index (χ4v) is 10.9. The summed E-state index contributed by atoms with van der Waals surface area (Å²) in [5.41, 5.74) is 0.952. The highest BCUT2D eigenvalue weighted by Gasteiger charge is 2.48. The first-order chi connectivity index (χ1) is 21.3. The van der Waals surface area contributed by atoms with Gasteiger partial charge in [-0.15, -0.1) is 0 Å². The zero-order valence-corrected chi connectivity index (χ0v) is 27.3. The average Bonchev–Trinajstić information content (AvgIpc) is 3.00. The predicted molar refractivity (Wildman–Crippen MR) is 172 cm³/mol. The van der Waals surface area contributed by atoms with Crippen molar-refractivity contribution in [3.05, 3.63) is 82.1 Å². The van der Waals surface area contributed by atoms with Gasteiger partial charge in [-0.3, -0.25) is 0 Å². The van der Waals surface area contributed by atoms with Gasteiger partial charge in [-0.05, 0) is 91.5 Å². The Bertz CT molecular complexity index is 1920. The number of carboxylic acid groups (broad SMARTS) is 1. The summed E-state index contributed by atoms with van der Waals surface area (Å²) in [6.45, 7) is 0.851. The zero-order chi connectivity index (χ0) is 32.1. The van der Waals surface area contributed by atoms with Gasteiger partial charge in [-0.25, -0.2) is 30.7 Å². The van der Waals surface area contributed by atoms with Gasteiger partial charge in [0.1, 0.15) is 10.7 Å². The van der Waals surface area contributed by atoms with Gasteiger partial charge in [0.15, 0.2) is 5.11 Å². The Morgan fingerprint density at radius 1 is 1.00 bits per heavy atom. The number of nitrogens with zero attached hydrogens (tertiary/aromatic N) is 1. The van der Waals surface area contributed by atoms with Gasteiger partial charge in [0.25, 0.3) is 0 Å². The number of aromatic carboxylic acids is 1. The lowest BCUT2D eigenvalue weighted by Gasteiger charge is -2.43. The highest BCUT2D eigenvalue weighted by Crippen LogP contribution is 2.54. The van der Waals surface area contributed by atoms with E-state index >= 15 is 0 Å². The van der Waals surface area contributed by atoms with Crippen molar-refractivity contribution in [2.24, 2.45) is 0 Å². The molecule has 238 valence electrons. The molecular formula is C31H31ClFN3O6S3. The highest BCUT2D eigenvalue weighted by atomic mass is 35.5. The standard InChI is InChI=1S/C31H31ClFN3O6S3/c32-25-17-24-27(44(39,40)26-16-20(33)7-8-23(26)31(24)11-2-1-3-12-31)18-28(25)45(41,42)35-21-9-13-36(14-10-21)30(43)34-22-6-4-5-19(15-22)29(37)38/h4-8,15-18,21,35H,1-3,9-14H2,(H,34,43)(H,37,38). The molecule has 3 aromatic carbocycles. The molecule has 6 rings (SSSR count). The van der Waals surface area contributed by atoms with Crippen molar-refractivity contribution in [1.82, 2.24) is 9.62 Å². The Morgan fingerprint density at radius 2 is 1.69 bits per heavy atom. The Morgan fingerprint density at radius 3 is 2.38 bits per heavy atom. The van der Waals surface area contributed by atoms with Crippen LogP contribution in [0.3, 0.4) is 0 Å². The van der Waals surface area contributed by atoms with Crippen molar-refractivity contribution < 1.29 is 31.1 Å². The number of sulfonamides is 1. The molecule has 2 fully saturated rings. The maximum atomic E-state index is 14.4. The van der Waals surface area contributed by atoms with E-state index in [2.05, 4.69) is 10.0 Å². The summed E-state index contributed by atoms with van der Waals surface area (Å²) in [7, 11) is -8.48. The van der Waals surface area contributed by atoms with E-state index in [1.807, 2.05) is 4.90 Å². The van der Waals surface area contributed by atoms with Gasteiger partial charge in [-0.2, -0.15) is 0 Å². The minimum Gasteiger partial charge on any atom is -0.478 e. The van der Waals surface area contributed by atoms with Crippen LogP contribution in [0.1, 0.15) is 66.4 Å². The van der Waals surface area contributed by atoms with Crippen molar-refractivity contribution in [1.29, 1.82) is 0 Å². The molecule has 3 aliphatic rings. The fraction of sp³-hybridized carbons (Fsp3) is 0.355. The highest BCUT2D eigenvalue weighted by molar-refractivity contribution is 7.92. The molecule has 0 bridgehead atoms. The topological polar surface area (TPSA) is 133 Å². The van der Waals surface area contributed by atoms with E-state index in [1.165, 1.54) is 30.3 Å². The summed E-state index contributed by atoms with van der Waals surface area (Å²) < 4.78 is 72.1. The van der Waals surface area contributed by atoms with Gasteiger partial charge in [0.2, 0.25) is 19.9 Å². The molecule has 1 saturated heterocycles. The molecule has 0 amide bonds. The molecule has 2 aliphatic heterocycles. The largest absolute Gasteiger partial charge is 0.478 e. The maximum Gasteiger partial charge on any atom is 0.335 e. The molecule has 0 unspecified atom stereocenters. The number of thiocarbonyl (C=S) groups is 1. The van der Waals surface area contributed by atoms with E-state index in [1.54, 1.807) is 12.1 Å². The predicted octanol–water partition coefficient (Wildman–Crippen LogP) is 5.71. The van der Waals surface area contributed by atoms with Crippen LogP contribution in [0.5, 0.6) is 0 Å². The number of fused-ring (bicyclic) bond motifs is 4. The molecule has 1 saturated carbocycles. The third kappa shape index (κ3) is 5.85. The van der Waals surface area contributed by atoms with Gasteiger partial charge >= 0.3 is 5.97 Å².